The number of aromatic nitrogens is 1. The van der Waals surface area contributed by atoms with Crippen LogP contribution in [0.5, 0.6) is 0 Å². The molecular formula is C15H23FN2. The van der Waals surface area contributed by atoms with Crippen LogP contribution in [0.1, 0.15) is 63.6 Å². The van der Waals surface area contributed by atoms with Gasteiger partial charge in [0.05, 0.1) is 11.9 Å². The Bertz CT molecular complexity index is 342. The van der Waals surface area contributed by atoms with E-state index in [0.717, 1.165) is 12.1 Å². The predicted molar refractivity (Wildman–Crippen MR) is 71.9 cm³/mol. The molecule has 1 aromatic rings. The van der Waals surface area contributed by atoms with Crippen molar-refractivity contribution in [3.05, 3.63) is 29.8 Å². The highest BCUT2D eigenvalue weighted by molar-refractivity contribution is 5.10. The van der Waals surface area contributed by atoms with Gasteiger partial charge in [0.1, 0.15) is 5.82 Å². The van der Waals surface area contributed by atoms with E-state index in [0.29, 0.717) is 6.04 Å². The summed E-state index contributed by atoms with van der Waals surface area (Å²) in [6.07, 6.45) is 10.2. The van der Waals surface area contributed by atoms with E-state index in [1.54, 1.807) is 6.07 Å². The van der Waals surface area contributed by atoms with Crippen molar-refractivity contribution in [3.63, 3.8) is 0 Å². The highest BCUT2D eigenvalue weighted by Gasteiger charge is 2.17. The van der Waals surface area contributed by atoms with Crippen molar-refractivity contribution >= 4 is 0 Å². The summed E-state index contributed by atoms with van der Waals surface area (Å²) in [7, 11) is 0. The smallest absolute Gasteiger partial charge is 0.141 e. The number of rotatable bonds is 4. The molecule has 2 rings (SSSR count). The van der Waals surface area contributed by atoms with Gasteiger partial charge in [-0.25, -0.2) is 4.39 Å². The summed E-state index contributed by atoms with van der Waals surface area (Å²) in [5, 5.41) is 3.70. The van der Waals surface area contributed by atoms with Gasteiger partial charge in [-0.1, -0.05) is 32.6 Å². The van der Waals surface area contributed by atoms with Crippen LogP contribution in [0.4, 0.5) is 4.39 Å². The van der Waals surface area contributed by atoms with E-state index in [-0.39, 0.29) is 11.9 Å². The number of hydrogen-bond acceptors (Lipinski definition) is 2. The Balaban J connectivity index is 1.97. The van der Waals surface area contributed by atoms with Crippen LogP contribution < -0.4 is 5.32 Å². The van der Waals surface area contributed by atoms with Gasteiger partial charge in [-0.05, 0) is 31.4 Å². The fourth-order valence-electron chi connectivity index (χ4n) is 2.74. The molecule has 0 amide bonds. The second-order valence-electron chi connectivity index (χ2n) is 5.22. The molecule has 1 aromatic heterocycles. The molecule has 100 valence electrons. The first-order chi connectivity index (χ1) is 8.79. The molecule has 0 aliphatic heterocycles. The first kappa shape index (κ1) is 13.5. The van der Waals surface area contributed by atoms with Gasteiger partial charge < -0.3 is 5.32 Å². The standard InChI is InChI=1S/C15H23FN2/c1-2-14(15-10-9-12(16)11-17-15)18-13-7-5-3-4-6-8-13/h9-11,13-14,18H,2-8H2,1H3. The minimum atomic E-state index is -0.261. The molecule has 1 aliphatic rings. The minimum Gasteiger partial charge on any atom is -0.306 e. The van der Waals surface area contributed by atoms with E-state index in [4.69, 9.17) is 0 Å². The average Bonchev–Trinajstić information content (AvgIpc) is 2.66. The van der Waals surface area contributed by atoms with Gasteiger partial charge in [-0.3, -0.25) is 4.98 Å². The van der Waals surface area contributed by atoms with Crippen molar-refractivity contribution in [2.75, 3.05) is 0 Å². The van der Waals surface area contributed by atoms with Gasteiger partial charge in [-0.15, -0.1) is 0 Å². The maximum Gasteiger partial charge on any atom is 0.141 e. The Morgan fingerprint density at radius 2 is 2.00 bits per heavy atom. The Labute approximate surface area is 109 Å². The van der Waals surface area contributed by atoms with E-state index >= 15 is 0 Å². The number of halogens is 1. The number of pyridine rings is 1. The Hall–Kier alpha value is -0.960. The number of hydrogen-bond donors (Lipinski definition) is 1. The molecule has 1 aliphatic carbocycles. The summed E-state index contributed by atoms with van der Waals surface area (Å²) >= 11 is 0. The van der Waals surface area contributed by atoms with E-state index in [2.05, 4.69) is 17.2 Å². The molecule has 0 spiro atoms. The lowest BCUT2D eigenvalue weighted by atomic mass is 10.0. The zero-order valence-electron chi connectivity index (χ0n) is 11.2. The zero-order chi connectivity index (χ0) is 12.8. The molecule has 0 radical (unpaired) electrons. The van der Waals surface area contributed by atoms with Gasteiger partial charge in [0.25, 0.3) is 0 Å². The van der Waals surface area contributed by atoms with Gasteiger partial charge in [-0.2, -0.15) is 0 Å². The maximum atomic E-state index is 12.9. The normalized spacial score (nSPS) is 19.4. The largest absolute Gasteiger partial charge is 0.306 e. The average molecular weight is 250 g/mol. The lowest BCUT2D eigenvalue weighted by molar-refractivity contribution is 0.386. The third kappa shape index (κ3) is 3.77. The molecule has 0 bridgehead atoms. The molecule has 0 saturated heterocycles. The molecular weight excluding hydrogens is 227 g/mol. The summed E-state index contributed by atoms with van der Waals surface area (Å²) in [6, 6.07) is 4.16. The fraction of sp³-hybridized carbons (Fsp3) is 0.667. The van der Waals surface area contributed by atoms with Crippen LogP contribution >= 0.6 is 0 Å². The molecule has 1 unspecified atom stereocenters. The summed E-state index contributed by atoms with van der Waals surface area (Å²) in [5.41, 5.74) is 0.961. The van der Waals surface area contributed by atoms with Crippen LogP contribution in [-0.2, 0) is 0 Å². The Morgan fingerprint density at radius 1 is 1.28 bits per heavy atom. The third-order valence-corrected chi connectivity index (χ3v) is 3.81. The number of nitrogens with zero attached hydrogens (tertiary/aromatic N) is 1. The number of nitrogens with one attached hydrogen (secondary N) is 1. The van der Waals surface area contributed by atoms with Gasteiger partial charge >= 0.3 is 0 Å². The lowest BCUT2D eigenvalue weighted by Crippen LogP contribution is -2.32. The predicted octanol–water partition coefficient (Wildman–Crippen LogP) is 3.98. The van der Waals surface area contributed by atoms with Crippen LogP contribution in [0.2, 0.25) is 0 Å². The molecule has 1 atom stereocenters. The maximum absolute atomic E-state index is 12.9. The van der Waals surface area contributed by atoms with Crippen molar-refractivity contribution in [1.29, 1.82) is 0 Å². The van der Waals surface area contributed by atoms with E-state index in [1.807, 2.05) is 0 Å². The third-order valence-electron chi connectivity index (χ3n) is 3.81. The lowest BCUT2D eigenvalue weighted by Gasteiger charge is -2.23. The van der Waals surface area contributed by atoms with E-state index < -0.39 is 0 Å². The molecule has 3 heteroatoms. The molecule has 1 N–H and O–H groups in total. The van der Waals surface area contributed by atoms with Gasteiger partial charge in [0, 0.05) is 12.1 Å². The highest BCUT2D eigenvalue weighted by atomic mass is 19.1. The molecule has 1 heterocycles. The fourth-order valence-corrected chi connectivity index (χ4v) is 2.74. The van der Waals surface area contributed by atoms with Crippen LogP contribution in [0.15, 0.2) is 18.3 Å². The van der Waals surface area contributed by atoms with E-state index in [1.165, 1.54) is 50.8 Å². The van der Waals surface area contributed by atoms with E-state index in [9.17, 15) is 4.39 Å². The van der Waals surface area contributed by atoms with Crippen LogP contribution in [0, 0.1) is 5.82 Å². The second kappa shape index (κ2) is 6.83. The van der Waals surface area contributed by atoms with Crippen molar-refractivity contribution < 1.29 is 4.39 Å². The van der Waals surface area contributed by atoms with Crippen molar-refractivity contribution in [2.24, 2.45) is 0 Å². The SMILES string of the molecule is CCC(NC1CCCCCC1)c1ccc(F)cn1. The minimum absolute atomic E-state index is 0.258. The summed E-state index contributed by atoms with van der Waals surface area (Å²) < 4.78 is 12.9. The van der Waals surface area contributed by atoms with Crippen molar-refractivity contribution in [2.45, 2.75) is 64.0 Å². The molecule has 1 saturated carbocycles. The van der Waals surface area contributed by atoms with Gasteiger partial charge in [0.15, 0.2) is 0 Å². The summed E-state index contributed by atoms with van der Waals surface area (Å²) in [6.45, 7) is 2.15. The monoisotopic (exact) mass is 250 g/mol. The summed E-state index contributed by atoms with van der Waals surface area (Å²) in [5.74, 6) is -0.261. The second-order valence-corrected chi connectivity index (χ2v) is 5.22. The first-order valence-corrected chi connectivity index (χ1v) is 7.17. The van der Waals surface area contributed by atoms with Crippen LogP contribution in [0.25, 0.3) is 0 Å². The highest BCUT2D eigenvalue weighted by Crippen LogP contribution is 2.22. The first-order valence-electron chi connectivity index (χ1n) is 7.17. The van der Waals surface area contributed by atoms with Crippen LogP contribution in [0.3, 0.4) is 0 Å². The summed E-state index contributed by atoms with van der Waals surface area (Å²) in [4.78, 5) is 4.20. The zero-order valence-corrected chi connectivity index (χ0v) is 11.2. The van der Waals surface area contributed by atoms with Crippen LogP contribution in [-0.4, -0.2) is 11.0 Å². The Kier molecular flexibility index (Phi) is 5.12. The Morgan fingerprint density at radius 3 is 2.56 bits per heavy atom. The molecule has 0 aromatic carbocycles. The topological polar surface area (TPSA) is 24.9 Å². The molecule has 1 fully saturated rings. The van der Waals surface area contributed by atoms with Gasteiger partial charge in [0.2, 0.25) is 0 Å². The van der Waals surface area contributed by atoms with Crippen molar-refractivity contribution in [3.8, 4) is 0 Å². The molecule has 2 nitrogen and oxygen atoms in total. The molecule has 18 heavy (non-hydrogen) atoms. The van der Waals surface area contributed by atoms with Crippen molar-refractivity contribution in [1.82, 2.24) is 10.3 Å². The quantitative estimate of drug-likeness (QED) is 0.817.